The molecule has 0 aliphatic carbocycles. The van der Waals surface area contributed by atoms with Crippen LogP contribution in [0, 0.1) is 5.82 Å². The summed E-state index contributed by atoms with van der Waals surface area (Å²) in [4.78, 5) is 28.8. The lowest BCUT2D eigenvalue weighted by Gasteiger charge is -2.13. The topological polar surface area (TPSA) is 105 Å². The minimum absolute atomic E-state index is 0.0104. The van der Waals surface area contributed by atoms with Crippen LogP contribution in [0.25, 0.3) is 0 Å². The van der Waals surface area contributed by atoms with Gasteiger partial charge in [-0.3, -0.25) is 4.79 Å². The second-order valence-electron chi connectivity index (χ2n) is 5.68. The van der Waals surface area contributed by atoms with E-state index in [1.807, 2.05) is 0 Å². The Morgan fingerprint density at radius 1 is 0.967 bits per heavy atom. The smallest absolute Gasteiger partial charge is 0.335 e. The van der Waals surface area contributed by atoms with Gasteiger partial charge in [0, 0.05) is 10.7 Å². The van der Waals surface area contributed by atoms with E-state index in [1.165, 1.54) is 36.4 Å². The lowest BCUT2D eigenvalue weighted by atomic mass is 10.1. The number of hydrogen-bond acceptors (Lipinski definition) is 6. The highest BCUT2D eigenvalue weighted by atomic mass is 35.5. The van der Waals surface area contributed by atoms with Crippen molar-refractivity contribution in [2.75, 3.05) is 10.8 Å². The Bertz CT molecular complexity index is 1030. The van der Waals surface area contributed by atoms with Gasteiger partial charge in [0.15, 0.2) is 18.3 Å². The van der Waals surface area contributed by atoms with Crippen molar-refractivity contribution in [2.45, 2.75) is 0 Å². The van der Waals surface area contributed by atoms with E-state index in [0.717, 1.165) is 6.07 Å². The van der Waals surface area contributed by atoms with Gasteiger partial charge in [-0.05, 0) is 66.7 Å². The van der Waals surface area contributed by atoms with Crippen LogP contribution in [0.15, 0.2) is 66.7 Å². The average molecular weight is 449 g/mol. The van der Waals surface area contributed by atoms with Crippen LogP contribution in [-0.4, -0.2) is 21.2 Å². The highest BCUT2D eigenvalue weighted by molar-refractivity contribution is 7.44. The van der Waals surface area contributed by atoms with Crippen LogP contribution in [0.1, 0.15) is 20.7 Å². The molecule has 0 bridgehead atoms. The molecule has 0 saturated heterocycles. The molecule has 3 aromatic carbocycles. The molecule has 30 heavy (non-hydrogen) atoms. The van der Waals surface area contributed by atoms with E-state index in [-0.39, 0.29) is 16.8 Å². The number of rotatable bonds is 6. The largest absolute Gasteiger partial charge is 0.478 e. The maximum atomic E-state index is 13.7. The van der Waals surface area contributed by atoms with E-state index in [9.17, 15) is 14.0 Å². The number of nitrogens with one attached hydrogen (secondary N) is 2. The minimum atomic E-state index is -1.08. The van der Waals surface area contributed by atoms with E-state index in [0.29, 0.717) is 16.5 Å². The van der Waals surface area contributed by atoms with Crippen molar-refractivity contribution in [3.05, 3.63) is 88.7 Å². The summed E-state index contributed by atoms with van der Waals surface area (Å²) in [7, 11) is 0. The van der Waals surface area contributed by atoms with Crippen LogP contribution in [0.2, 0.25) is 5.02 Å². The zero-order valence-electron chi connectivity index (χ0n) is 15.1. The molecular weight excluding hydrogens is 435 g/mol. The molecule has 0 aromatic heterocycles. The van der Waals surface area contributed by atoms with Crippen molar-refractivity contribution >= 4 is 47.4 Å². The molecule has 7 nitrogen and oxygen atoms in total. The molecule has 0 heterocycles. The van der Waals surface area contributed by atoms with Gasteiger partial charge in [-0.1, -0.05) is 11.6 Å². The van der Waals surface area contributed by atoms with Crippen LogP contribution in [0.5, 0.6) is 5.75 Å². The molecular formula is C20H14ClFN2O5S. The van der Waals surface area contributed by atoms with Crippen LogP contribution in [-0.2, 0) is 12.5 Å². The number of carboxylic acids is 1. The van der Waals surface area contributed by atoms with Gasteiger partial charge in [-0.2, -0.15) is 4.21 Å². The fraction of sp³-hybridized carbons (Fsp3) is 0. The molecule has 0 radical (unpaired) electrons. The van der Waals surface area contributed by atoms with Gasteiger partial charge in [0.05, 0.1) is 16.8 Å². The van der Waals surface area contributed by atoms with Gasteiger partial charge in [0.1, 0.15) is 5.82 Å². The summed E-state index contributed by atoms with van der Waals surface area (Å²) in [6, 6.07) is 15.7. The molecule has 0 aliphatic rings. The lowest BCUT2D eigenvalue weighted by molar-refractivity contribution is 0.0696. The Morgan fingerprint density at radius 3 is 2.20 bits per heavy atom. The van der Waals surface area contributed by atoms with E-state index in [1.54, 1.807) is 24.3 Å². The number of carboxylic acid groups (broad SMARTS) is 1. The third-order valence-electron chi connectivity index (χ3n) is 3.71. The van der Waals surface area contributed by atoms with Crippen LogP contribution in [0.4, 0.5) is 15.8 Å². The van der Waals surface area contributed by atoms with Gasteiger partial charge in [0.25, 0.3) is 5.91 Å². The molecule has 1 amide bonds. The van der Waals surface area contributed by atoms with Crippen molar-refractivity contribution in [1.82, 2.24) is 0 Å². The monoisotopic (exact) mass is 448 g/mol. The number of benzene rings is 3. The highest BCUT2D eigenvalue weighted by Crippen LogP contribution is 2.21. The van der Waals surface area contributed by atoms with Crippen LogP contribution < -0.4 is 15.6 Å². The average Bonchev–Trinajstić information content (AvgIpc) is 2.75. The normalized spacial score (nSPS) is 9.67. The molecule has 10 heteroatoms. The number of carbonyl (C=O) groups excluding carboxylic acids is 1. The van der Waals surface area contributed by atoms with Crippen molar-refractivity contribution in [2.24, 2.45) is 0 Å². The Balaban J connectivity index is 0.00000155. The molecule has 154 valence electrons. The number of carbonyl (C=O) groups is 2. The third kappa shape index (κ3) is 6.23. The van der Waals surface area contributed by atoms with E-state index >= 15 is 0 Å². The Morgan fingerprint density at radius 2 is 1.60 bits per heavy atom. The predicted octanol–water partition coefficient (Wildman–Crippen LogP) is 4.50. The molecule has 0 unspecified atom stereocenters. The first-order chi connectivity index (χ1) is 14.4. The Labute approximate surface area is 180 Å². The first-order valence-electron chi connectivity index (χ1n) is 8.22. The van der Waals surface area contributed by atoms with Crippen molar-refractivity contribution in [3.8, 4) is 5.75 Å². The summed E-state index contributed by atoms with van der Waals surface area (Å²) in [5, 5.41) is 12.0. The molecule has 0 aliphatic heterocycles. The maximum Gasteiger partial charge on any atom is 0.335 e. The fourth-order valence-electron chi connectivity index (χ4n) is 2.30. The lowest BCUT2D eigenvalue weighted by Crippen LogP contribution is -2.16. The van der Waals surface area contributed by atoms with Gasteiger partial charge < -0.3 is 15.3 Å². The number of amides is 1. The van der Waals surface area contributed by atoms with Crippen LogP contribution >= 0.6 is 11.6 Å². The maximum absolute atomic E-state index is 13.7. The van der Waals surface area contributed by atoms with E-state index < -0.39 is 17.7 Å². The molecule has 3 rings (SSSR count). The van der Waals surface area contributed by atoms with E-state index in [4.69, 9.17) is 25.8 Å². The summed E-state index contributed by atoms with van der Waals surface area (Å²) in [5.41, 5.74) is 3.33. The molecule has 3 N–H and O–H groups in total. The quantitative estimate of drug-likeness (QED) is 0.477. The summed E-state index contributed by atoms with van der Waals surface area (Å²) in [6.45, 7) is 0. The summed E-state index contributed by atoms with van der Waals surface area (Å²) >= 11 is 8.65. The summed E-state index contributed by atoms with van der Waals surface area (Å²) in [5.74, 6) is -1.81. The van der Waals surface area contributed by atoms with Gasteiger partial charge in [-0.25, -0.2) is 14.7 Å². The zero-order chi connectivity index (χ0) is 22.1. The zero-order valence-corrected chi connectivity index (χ0v) is 16.7. The minimum Gasteiger partial charge on any atom is -0.478 e. The standard InChI is InChI=1S/C20H14ClFN2O4.OS/c21-13-3-8-16(9-4-13)28-24-18-10-5-14(22)11-17(18)19(25)23-15-6-1-12(2-7-15)20(26)27;1-2/h1-11,24H,(H,23,25)(H,26,27);. The van der Waals surface area contributed by atoms with Crippen molar-refractivity contribution in [1.29, 1.82) is 0 Å². The molecule has 0 atom stereocenters. The first kappa shape index (κ1) is 22.7. The van der Waals surface area contributed by atoms with Crippen LogP contribution in [0.3, 0.4) is 0 Å². The Hall–Kier alpha value is -3.56. The molecule has 3 aromatic rings. The second-order valence-corrected chi connectivity index (χ2v) is 6.12. The number of anilines is 2. The first-order valence-corrected chi connectivity index (χ1v) is 8.93. The predicted molar refractivity (Wildman–Crippen MR) is 112 cm³/mol. The van der Waals surface area contributed by atoms with Gasteiger partial charge in [-0.15, -0.1) is 0 Å². The summed E-state index contributed by atoms with van der Waals surface area (Å²) < 4.78 is 21.5. The Kier molecular flexibility index (Phi) is 8.21. The molecule has 0 saturated carbocycles. The fourth-order valence-corrected chi connectivity index (χ4v) is 2.43. The van der Waals surface area contributed by atoms with Crippen molar-refractivity contribution < 1.29 is 28.1 Å². The second kappa shape index (κ2) is 10.8. The van der Waals surface area contributed by atoms with E-state index in [2.05, 4.69) is 23.3 Å². The highest BCUT2D eigenvalue weighted by Gasteiger charge is 2.14. The number of halogens is 2. The summed E-state index contributed by atoms with van der Waals surface area (Å²) in [6.07, 6.45) is 0. The number of hydrogen-bond donors (Lipinski definition) is 3. The van der Waals surface area contributed by atoms with Gasteiger partial charge in [0.2, 0.25) is 0 Å². The van der Waals surface area contributed by atoms with Crippen molar-refractivity contribution in [3.63, 3.8) is 0 Å². The number of aromatic carboxylic acids is 1. The molecule has 0 spiro atoms. The van der Waals surface area contributed by atoms with Gasteiger partial charge >= 0.3 is 5.97 Å². The SMILES string of the molecule is O=C(O)c1ccc(NC(=O)c2cc(F)ccc2NOc2ccc(Cl)cc2)cc1.O=S. The third-order valence-corrected chi connectivity index (χ3v) is 3.96. The molecule has 0 fully saturated rings.